The molecule has 8 aromatic rings. The van der Waals surface area contributed by atoms with Gasteiger partial charge < -0.3 is 87.4 Å². The number of carbonyl (C=O) groups excluding carboxylic acids is 8. The largest absolute Gasteiger partial charge is 0.496 e. The number of nitrogens with zero attached hydrogens (tertiary/aromatic N) is 6. The monoisotopic (exact) mass is 1880 g/mol. The van der Waals surface area contributed by atoms with Gasteiger partial charge in [0.15, 0.2) is 35.5 Å². The van der Waals surface area contributed by atoms with E-state index in [0.717, 1.165) is 86.3 Å². The number of amides is 8. The first-order chi connectivity index (χ1) is 63.9. The van der Waals surface area contributed by atoms with Crippen LogP contribution >= 0.6 is 45.3 Å². The summed E-state index contributed by atoms with van der Waals surface area (Å²) in [7, 11) is 6.05. The maximum Gasteiger partial charge on any atom is 0.416 e. The molecular weight excluding hydrogens is 1770 g/mol. The van der Waals surface area contributed by atoms with Crippen molar-refractivity contribution in [3.05, 3.63) is 246 Å². The van der Waals surface area contributed by atoms with E-state index < -0.39 is 61.0 Å². The second-order valence-corrected chi connectivity index (χ2v) is 34.0. The van der Waals surface area contributed by atoms with Gasteiger partial charge in [-0.1, -0.05) is 102 Å². The number of anilines is 4. The van der Waals surface area contributed by atoms with Crippen LogP contribution in [0.1, 0.15) is 140 Å². The van der Waals surface area contributed by atoms with Crippen molar-refractivity contribution in [3.63, 3.8) is 0 Å². The smallest absolute Gasteiger partial charge is 0.416 e. The molecule has 0 aliphatic carbocycles. The van der Waals surface area contributed by atoms with Crippen LogP contribution in [-0.2, 0) is 18.9 Å². The molecule has 6 atom stereocenters. The lowest BCUT2D eigenvalue weighted by Crippen LogP contribution is -2.54. The summed E-state index contributed by atoms with van der Waals surface area (Å²) in [6, 6.07) is 18.7. The highest BCUT2D eigenvalue weighted by Gasteiger charge is 2.47. The molecule has 0 saturated carbocycles. The molecule has 132 heavy (non-hydrogen) atoms. The molecule has 0 spiro atoms. The number of aliphatic hydroxyl groups is 4. The molecule has 30 nitrogen and oxygen atoms in total. The van der Waals surface area contributed by atoms with Gasteiger partial charge in [0.1, 0.15) is 37.9 Å². The van der Waals surface area contributed by atoms with Crippen molar-refractivity contribution in [2.75, 3.05) is 128 Å². The van der Waals surface area contributed by atoms with E-state index in [2.05, 4.69) is 61.6 Å². The van der Waals surface area contributed by atoms with Gasteiger partial charge in [-0.3, -0.25) is 29.8 Å². The quantitative estimate of drug-likeness (QED) is 0.0138. The molecule has 14 rings (SSSR count). The summed E-state index contributed by atoms with van der Waals surface area (Å²) in [5.41, 5.74) is 12.1. The molecule has 0 saturated heterocycles. The van der Waals surface area contributed by atoms with E-state index in [1.807, 2.05) is 94.7 Å². The van der Waals surface area contributed by atoms with Crippen LogP contribution in [0.2, 0.25) is 0 Å². The molecular formula is C98H112N8O22S4. The van der Waals surface area contributed by atoms with Crippen molar-refractivity contribution < 1.29 is 106 Å². The van der Waals surface area contributed by atoms with Crippen LogP contribution in [0.4, 0.5) is 41.9 Å². The number of aliphatic hydroxyl groups excluding tert-OH is 4. The topological polar surface area (TPSA) is 353 Å². The normalized spacial score (nSPS) is 17.6. The maximum atomic E-state index is 13.7. The van der Waals surface area contributed by atoms with Gasteiger partial charge in [0, 0.05) is 38.3 Å². The molecule has 4 aromatic heterocycles. The van der Waals surface area contributed by atoms with E-state index in [9.17, 15) is 58.8 Å². The molecule has 4 aromatic carbocycles. The van der Waals surface area contributed by atoms with Gasteiger partial charge in [-0.25, -0.2) is 29.0 Å². The Hall–Kier alpha value is -12.8. The third-order valence-electron chi connectivity index (χ3n) is 22.5. The standard InChI is InChI=1S/2C26H32N2O6S.2C23H24N2O5S/c2*1-4-6-11-33-24-15-22(27-26(31)34-10-5-2)21(14-23(24)32-3)25(30)28-9-7-18(13-20(28)16-29)19-8-12-35-17-19;2*1-4-8-30-23(28)25-18-10-14(2)20(29-3)12-17(18)21(26)24-7-5-15(11-19(24)22(25)27)16-6-9-31-13-16/h5,8,12-15,17,20,29H,2,4,6-7,9-11,16H2,1,3H3,(H,27,31);5,7-8,12,14-15,17,20,29H,2,4,6,9-11,13,16H2,1,3H3,(H,27,31);4,6,9-13,19,22,27H,1,5,7-8H2,2-3H3;4-6,9-10,12-13,19,22,27H,1,7-8,11H2,2-3H3/t2*20-;2*19-,22?/m0000/s1. The van der Waals surface area contributed by atoms with Crippen molar-refractivity contribution in [3.8, 4) is 34.5 Å². The first-order valence-corrected chi connectivity index (χ1v) is 46.7. The van der Waals surface area contributed by atoms with Crippen molar-refractivity contribution >= 4 is 138 Å². The maximum absolute atomic E-state index is 13.7. The third-order valence-corrected chi connectivity index (χ3v) is 25.3. The van der Waals surface area contributed by atoms with Crippen molar-refractivity contribution in [1.29, 1.82) is 0 Å². The van der Waals surface area contributed by atoms with Crippen LogP contribution in [0.15, 0.2) is 191 Å². The Labute approximate surface area is 783 Å². The number of nitrogens with one attached hydrogen (secondary N) is 2. The average Bonchev–Trinajstić information content (AvgIpc) is 1.60. The van der Waals surface area contributed by atoms with E-state index in [-0.39, 0.29) is 96.9 Å². The number of hydrogen-bond acceptors (Lipinski definition) is 26. The number of unbranched alkanes of at least 4 members (excludes halogenated alkanes) is 2. The molecule has 700 valence electrons. The number of ether oxygens (including phenoxy) is 10. The van der Waals surface area contributed by atoms with E-state index in [4.69, 9.17) is 47.4 Å². The minimum Gasteiger partial charge on any atom is -0.496 e. The van der Waals surface area contributed by atoms with Gasteiger partial charge in [-0.05, 0) is 212 Å². The zero-order chi connectivity index (χ0) is 94.7. The number of methoxy groups -OCH3 is 4. The summed E-state index contributed by atoms with van der Waals surface area (Å²) < 4.78 is 54.1. The molecule has 0 bridgehead atoms. The first kappa shape index (κ1) is 99.8. The number of thiophene rings is 4. The summed E-state index contributed by atoms with van der Waals surface area (Å²) in [6.07, 6.45) is 13.9. The summed E-state index contributed by atoms with van der Waals surface area (Å²) in [5, 5.41) is 64.3. The Balaban J connectivity index is 0.000000170. The molecule has 10 heterocycles. The minimum absolute atomic E-state index is 0.00505. The van der Waals surface area contributed by atoms with Gasteiger partial charge in [0.2, 0.25) is 0 Å². The highest BCUT2D eigenvalue weighted by atomic mass is 32.1. The Morgan fingerprint density at radius 3 is 1.35 bits per heavy atom. The van der Waals surface area contributed by atoms with Crippen LogP contribution in [0.3, 0.4) is 0 Å². The average molecular weight is 1880 g/mol. The van der Waals surface area contributed by atoms with Gasteiger partial charge in [0.05, 0.1) is 124 Å². The number of benzene rings is 4. The zero-order valence-corrected chi connectivity index (χ0v) is 78.3. The van der Waals surface area contributed by atoms with Crippen LogP contribution in [0.25, 0.3) is 22.3 Å². The van der Waals surface area contributed by atoms with Gasteiger partial charge in [-0.15, -0.1) is 0 Å². The fourth-order valence-electron chi connectivity index (χ4n) is 15.7. The number of carbonyl (C=O) groups is 8. The molecule has 6 aliphatic rings. The molecule has 34 heteroatoms. The Morgan fingerprint density at radius 1 is 0.485 bits per heavy atom. The van der Waals surface area contributed by atoms with Crippen LogP contribution < -0.4 is 48.9 Å². The summed E-state index contributed by atoms with van der Waals surface area (Å²) >= 11 is 6.38. The van der Waals surface area contributed by atoms with E-state index >= 15 is 0 Å². The van der Waals surface area contributed by atoms with Crippen molar-refractivity contribution in [1.82, 2.24) is 19.6 Å². The van der Waals surface area contributed by atoms with Crippen LogP contribution in [0, 0.1) is 13.8 Å². The highest BCUT2D eigenvalue weighted by Crippen LogP contribution is 2.45. The second-order valence-electron chi connectivity index (χ2n) is 30.9. The molecule has 8 amide bonds. The predicted molar refractivity (Wildman–Crippen MR) is 514 cm³/mol. The van der Waals surface area contributed by atoms with E-state index in [1.54, 1.807) is 113 Å². The SMILES string of the molecule is C=CCOC(=O)N1c2cc(C)c(OC)cc2C(=O)N2CC=C(c3ccsc3)C[C@H]2C1O.C=CCOC(=O)N1c2cc(C)c(OC)cc2C(=O)N2CCC(c3ccsc3)=C[C@H]2C1O.C=CCOC(=O)Nc1cc(OCCCC)c(OC)cc1C(=O)N1CC=C(c2ccsc2)C[C@H]1CO.C=CCOC(=O)Nc1cc(OCCCC)c(OC)cc1C(=O)N1CCC(c2ccsc2)=C[C@H]1CO. The molecule has 0 fully saturated rings. The Morgan fingerprint density at radius 2 is 0.909 bits per heavy atom. The summed E-state index contributed by atoms with van der Waals surface area (Å²) in [5.74, 6) is 1.42. The molecule has 2 unspecified atom stereocenters. The second kappa shape index (κ2) is 48.4. The zero-order valence-electron chi connectivity index (χ0n) is 75.1. The molecule has 0 radical (unpaired) electrons. The number of aryl methyl sites for hydroxylation is 2. The lowest BCUT2D eigenvalue weighted by molar-refractivity contribution is 0.0397. The number of rotatable bonds is 30. The van der Waals surface area contributed by atoms with E-state index in [1.165, 1.54) is 57.6 Å². The third kappa shape index (κ3) is 23.9. The van der Waals surface area contributed by atoms with Crippen molar-refractivity contribution in [2.45, 2.75) is 116 Å². The van der Waals surface area contributed by atoms with E-state index in [0.29, 0.717) is 111 Å². The first-order valence-electron chi connectivity index (χ1n) is 43.0. The van der Waals surface area contributed by atoms with Gasteiger partial charge >= 0.3 is 24.4 Å². The van der Waals surface area contributed by atoms with Crippen LogP contribution in [-0.4, -0.2) is 232 Å². The number of hydrogen-bond donors (Lipinski definition) is 6. The fraction of sp³-hybridized carbons (Fsp3) is 0.347. The fourth-order valence-corrected chi connectivity index (χ4v) is 18.4. The van der Waals surface area contributed by atoms with Gasteiger partial charge in [0.25, 0.3) is 23.6 Å². The minimum atomic E-state index is -1.32. The molecule has 6 aliphatic heterocycles. The van der Waals surface area contributed by atoms with Crippen molar-refractivity contribution in [2.24, 2.45) is 0 Å². The Bertz CT molecular complexity index is 5410. The highest BCUT2D eigenvalue weighted by molar-refractivity contribution is 7.08. The summed E-state index contributed by atoms with van der Waals surface area (Å²) in [4.78, 5) is 114. The molecule has 6 N–H and O–H groups in total. The van der Waals surface area contributed by atoms with Gasteiger partial charge in [-0.2, -0.15) is 45.3 Å². The predicted octanol–water partition coefficient (Wildman–Crippen LogP) is 17.6. The lowest BCUT2D eigenvalue weighted by atomic mass is 9.94. The Kier molecular flexibility index (Phi) is 36.6. The summed E-state index contributed by atoms with van der Waals surface area (Å²) in [6.45, 7) is 24.0. The van der Waals surface area contributed by atoms with Crippen LogP contribution in [0.5, 0.6) is 34.5 Å². The number of fused-ring (bicyclic) bond motifs is 4. The lowest BCUT2D eigenvalue weighted by Gasteiger charge is -2.38.